The van der Waals surface area contributed by atoms with Crippen LogP contribution in [0.5, 0.6) is 0 Å². The molecule has 3 rings (SSSR count). The van der Waals surface area contributed by atoms with Crippen molar-refractivity contribution >= 4 is 17.4 Å². The molecule has 1 aliphatic rings. The molecule has 5 nitrogen and oxygen atoms in total. The summed E-state index contributed by atoms with van der Waals surface area (Å²) in [5.74, 6) is -0.222. The van der Waals surface area contributed by atoms with E-state index < -0.39 is 5.97 Å². The van der Waals surface area contributed by atoms with Crippen molar-refractivity contribution in [3.8, 4) is 0 Å². The van der Waals surface area contributed by atoms with E-state index in [9.17, 15) is 4.79 Å². The molecule has 1 atom stereocenters. The lowest BCUT2D eigenvalue weighted by molar-refractivity contribution is -0.141. The number of imidazole rings is 1. The predicted molar refractivity (Wildman–Crippen MR) is 58.5 cm³/mol. The molecule has 0 spiro atoms. The number of nitrogens with one attached hydrogen (secondary N) is 1. The van der Waals surface area contributed by atoms with Gasteiger partial charge >= 0.3 is 5.97 Å². The van der Waals surface area contributed by atoms with Gasteiger partial charge in [0.05, 0.1) is 11.6 Å². The highest BCUT2D eigenvalue weighted by atomic mass is 16.4. The first-order valence-electron chi connectivity index (χ1n) is 5.18. The number of carboxylic acids is 1. The number of aliphatic carboxylic acids is 1. The van der Waals surface area contributed by atoms with Crippen LogP contribution in [0.3, 0.4) is 0 Å². The van der Waals surface area contributed by atoms with E-state index in [0.29, 0.717) is 13.0 Å². The lowest BCUT2D eigenvalue weighted by Crippen LogP contribution is -2.29. The summed E-state index contributed by atoms with van der Waals surface area (Å²) in [5.41, 5.74) is 1.69. The topological polar surface area (TPSA) is 66.6 Å². The number of fused-ring (bicyclic) bond motifs is 3. The second-order valence-corrected chi connectivity index (χ2v) is 3.96. The molecule has 2 aromatic rings. The van der Waals surface area contributed by atoms with Gasteiger partial charge in [0.1, 0.15) is 11.5 Å². The average molecular weight is 217 g/mol. The lowest BCUT2D eigenvalue weighted by atomic mass is 10.0. The van der Waals surface area contributed by atoms with Gasteiger partial charge in [-0.3, -0.25) is 9.20 Å². The summed E-state index contributed by atoms with van der Waals surface area (Å²) in [6, 6.07) is 5.76. The minimum Gasteiger partial charge on any atom is -0.481 e. The Kier molecular flexibility index (Phi) is 1.86. The van der Waals surface area contributed by atoms with Crippen LogP contribution in [0.1, 0.15) is 5.69 Å². The van der Waals surface area contributed by atoms with Crippen molar-refractivity contribution in [1.29, 1.82) is 0 Å². The van der Waals surface area contributed by atoms with Gasteiger partial charge < -0.3 is 10.4 Å². The Morgan fingerprint density at radius 3 is 3.25 bits per heavy atom. The number of carboxylic acid groups (broad SMARTS) is 1. The molecule has 0 saturated carbocycles. The Balaban J connectivity index is 2.09. The van der Waals surface area contributed by atoms with Gasteiger partial charge in [-0.2, -0.15) is 0 Å². The highest BCUT2D eigenvalue weighted by Gasteiger charge is 2.27. The zero-order chi connectivity index (χ0) is 11.1. The molecule has 2 aromatic heterocycles. The number of anilines is 1. The number of pyridine rings is 1. The highest BCUT2D eigenvalue weighted by Crippen LogP contribution is 2.25. The second kappa shape index (κ2) is 3.23. The van der Waals surface area contributed by atoms with Crippen LogP contribution in [0.4, 0.5) is 5.82 Å². The molecule has 0 bridgehead atoms. The molecule has 82 valence electrons. The molecule has 0 radical (unpaired) electrons. The van der Waals surface area contributed by atoms with E-state index in [1.54, 1.807) is 0 Å². The van der Waals surface area contributed by atoms with Gasteiger partial charge in [0, 0.05) is 19.2 Å². The van der Waals surface area contributed by atoms with Crippen LogP contribution >= 0.6 is 0 Å². The third kappa shape index (κ3) is 1.25. The summed E-state index contributed by atoms with van der Waals surface area (Å²) in [5, 5.41) is 12.1. The van der Waals surface area contributed by atoms with Crippen LogP contribution in [0.2, 0.25) is 0 Å². The molecule has 0 aromatic carbocycles. The first-order valence-corrected chi connectivity index (χ1v) is 5.18. The van der Waals surface area contributed by atoms with Crippen LogP contribution in [0.15, 0.2) is 24.4 Å². The first-order chi connectivity index (χ1) is 7.75. The zero-order valence-corrected chi connectivity index (χ0v) is 8.55. The molecule has 2 N–H and O–H groups in total. The Hall–Kier alpha value is -2.04. The minimum atomic E-state index is -0.768. The predicted octanol–water partition coefficient (Wildman–Crippen LogP) is 1.00. The number of carbonyl (C=O) groups is 1. The van der Waals surface area contributed by atoms with Gasteiger partial charge in [0.25, 0.3) is 0 Å². The van der Waals surface area contributed by atoms with Crippen molar-refractivity contribution in [2.75, 3.05) is 11.9 Å². The standard InChI is InChI=1S/C11H11N3O2/c15-11(16)7-5-8-10(12-6-7)14-4-2-1-3-9(14)13-8/h1-4,7,12H,5-6H2,(H,15,16). The molecule has 0 saturated heterocycles. The van der Waals surface area contributed by atoms with E-state index in [1.807, 2.05) is 28.8 Å². The highest BCUT2D eigenvalue weighted by molar-refractivity contribution is 5.73. The van der Waals surface area contributed by atoms with Gasteiger partial charge in [-0.25, -0.2) is 4.98 Å². The Morgan fingerprint density at radius 1 is 1.56 bits per heavy atom. The van der Waals surface area contributed by atoms with Crippen LogP contribution in [-0.2, 0) is 11.2 Å². The van der Waals surface area contributed by atoms with E-state index >= 15 is 0 Å². The summed E-state index contributed by atoms with van der Waals surface area (Å²) >= 11 is 0. The number of rotatable bonds is 1. The molecule has 1 aliphatic heterocycles. The zero-order valence-electron chi connectivity index (χ0n) is 8.55. The van der Waals surface area contributed by atoms with Crippen LogP contribution in [0.25, 0.3) is 5.65 Å². The molecule has 0 amide bonds. The summed E-state index contributed by atoms with van der Waals surface area (Å²) < 4.78 is 1.95. The maximum atomic E-state index is 10.9. The van der Waals surface area contributed by atoms with Gasteiger partial charge in [-0.1, -0.05) is 6.07 Å². The fourth-order valence-electron chi connectivity index (χ4n) is 2.07. The van der Waals surface area contributed by atoms with Crippen LogP contribution < -0.4 is 5.32 Å². The summed E-state index contributed by atoms with van der Waals surface area (Å²) in [4.78, 5) is 15.3. The summed E-state index contributed by atoms with van der Waals surface area (Å²) in [6.07, 6.45) is 2.43. The SMILES string of the molecule is O=C(O)C1CNc2c(nc3ccccn23)C1. The normalized spacial score (nSPS) is 19.1. The van der Waals surface area contributed by atoms with Gasteiger partial charge in [-0.05, 0) is 12.1 Å². The molecular weight excluding hydrogens is 206 g/mol. The maximum Gasteiger partial charge on any atom is 0.308 e. The first kappa shape index (κ1) is 9.21. The molecule has 0 aliphatic carbocycles. The Morgan fingerprint density at radius 2 is 2.44 bits per heavy atom. The van der Waals surface area contributed by atoms with Crippen molar-refractivity contribution in [3.63, 3.8) is 0 Å². The molecule has 1 unspecified atom stereocenters. The second-order valence-electron chi connectivity index (χ2n) is 3.96. The van der Waals surface area contributed by atoms with E-state index in [4.69, 9.17) is 5.11 Å². The smallest absolute Gasteiger partial charge is 0.308 e. The maximum absolute atomic E-state index is 10.9. The van der Waals surface area contributed by atoms with Crippen molar-refractivity contribution in [1.82, 2.24) is 9.38 Å². The third-order valence-corrected chi connectivity index (χ3v) is 2.91. The number of hydrogen-bond donors (Lipinski definition) is 2. The fourth-order valence-corrected chi connectivity index (χ4v) is 2.07. The Labute approximate surface area is 91.7 Å². The summed E-state index contributed by atoms with van der Waals surface area (Å²) in [6.45, 7) is 0.463. The fraction of sp³-hybridized carbons (Fsp3) is 0.273. The van der Waals surface area contributed by atoms with Gasteiger partial charge in [-0.15, -0.1) is 0 Å². The van der Waals surface area contributed by atoms with E-state index in [-0.39, 0.29) is 5.92 Å². The van der Waals surface area contributed by atoms with Crippen molar-refractivity contribution < 1.29 is 9.90 Å². The molecular formula is C11H11N3O2. The monoisotopic (exact) mass is 217 g/mol. The van der Waals surface area contributed by atoms with Crippen molar-refractivity contribution in [2.24, 2.45) is 5.92 Å². The Bertz CT molecular complexity index is 561. The average Bonchev–Trinajstić information content (AvgIpc) is 2.66. The molecule has 16 heavy (non-hydrogen) atoms. The number of aromatic nitrogens is 2. The van der Waals surface area contributed by atoms with E-state index in [0.717, 1.165) is 17.2 Å². The largest absolute Gasteiger partial charge is 0.481 e. The van der Waals surface area contributed by atoms with Gasteiger partial charge in [0.2, 0.25) is 0 Å². The molecule has 3 heterocycles. The molecule has 5 heteroatoms. The number of hydrogen-bond acceptors (Lipinski definition) is 3. The lowest BCUT2D eigenvalue weighted by Gasteiger charge is -2.19. The van der Waals surface area contributed by atoms with Crippen molar-refractivity contribution in [2.45, 2.75) is 6.42 Å². The van der Waals surface area contributed by atoms with Crippen LogP contribution in [0, 0.1) is 5.92 Å². The van der Waals surface area contributed by atoms with Crippen LogP contribution in [-0.4, -0.2) is 27.0 Å². The summed E-state index contributed by atoms with van der Waals surface area (Å²) in [7, 11) is 0. The van der Waals surface area contributed by atoms with Crippen molar-refractivity contribution in [3.05, 3.63) is 30.1 Å². The quantitative estimate of drug-likeness (QED) is 0.748. The van der Waals surface area contributed by atoms with E-state index in [1.165, 1.54) is 0 Å². The van der Waals surface area contributed by atoms with E-state index in [2.05, 4.69) is 10.3 Å². The number of nitrogens with zero attached hydrogens (tertiary/aromatic N) is 2. The third-order valence-electron chi connectivity index (χ3n) is 2.91. The molecule has 0 fully saturated rings. The minimum absolute atomic E-state index is 0.377. The van der Waals surface area contributed by atoms with Gasteiger partial charge in [0.15, 0.2) is 0 Å².